The molecule has 0 fully saturated rings. The third kappa shape index (κ3) is 4.50. The second-order valence-electron chi connectivity index (χ2n) is 14.4. The largest absolute Gasteiger partial charge is 0.309 e. The van der Waals surface area contributed by atoms with Gasteiger partial charge in [0.05, 0.1) is 50.7 Å². The van der Waals surface area contributed by atoms with E-state index in [-0.39, 0.29) is 0 Å². The first-order valence-electron chi connectivity index (χ1n) is 18.1. The van der Waals surface area contributed by atoms with Gasteiger partial charge in [-0.15, -0.1) is 0 Å². The molecule has 0 bridgehead atoms. The molecule has 10 aromatic rings. The molecule has 0 aliphatic carbocycles. The minimum absolute atomic E-state index is 0.411. The summed E-state index contributed by atoms with van der Waals surface area (Å²) in [5, 5.41) is 7.36. The van der Waals surface area contributed by atoms with E-state index >= 15 is 0 Å². The summed E-state index contributed by atoms with van der Waals surface area (Å²) in [6, 6.07) is 47.9. The lowest BCUT2D eigenvalue weighted by atomic mass is 9.86. The predicted molar refractivity (Wildman–Crippen MR) is 215 cm³/mol. The summed E-state index contributed by atoms with van der Waals surface area (Å²) in [5.74, 6) is 1.73. The van der Waals surface area contributed by atoms with Crippen molar-refractivity contribution >= 4 is 49.7 Å². The molecule has 0 saturated carbocycles. The normalized spacial score (nSPS) is 12.2. The lowest BCUT2D eigenvalue weighted by Crippen LogP contribution is -2.00. The van der Waals surface area contributed by atoms with Gasteiger partial charge in [0, 0.05) is 28.2 Å². The van der Waals surface area contributed by atoms with Crippen LogP contribution in [-0.4, -0.2) is 28.3 Å². The molecule has 0 aliphatic heterocycles. The van der Waals surface area contributed by atoms with Crippen LogP contribution in [0, 0.1) is 0 Å². The molecule has 6 nitrogen and oxygen atoms in total. The van der Waals surface area contributed by atoms with Crippen molar-refractivity contribution in [3.8, 4) is 28.2 Å². The maximum atomic E-state index is 5.14. The highest BCUT2D eigenvalue weighted by atomic mass is 15.3. The minimum atomic E-state index is 0.411. The fraction of sp³-hybridized carbons (Fsp3) is 0.130. The average molecular weight is 675 g/mol. The van der Waals surface area contributed by atoms with E-state index < -0.39 is 0 Å². The fourth-order valence-electron chi connectivity index (χ4n) is 8.23. The van der Waals surface area contributed by atoms with E-state index in [0.29, 0.717) is 11.8 Å². The Hall–Kier alpha value is -6.40. The van der Waals surface area contributed by atoms with Gasteiger partial charge >= 0.3 is 0 Å². The number of para-hydroxylation sites is 5. The number of imidazole rings is 2. The van der Waals surface area contributed by atoms with Crippen LogP contribution in [-0.2, 0) is 0 Å². The summed E-state index contributed by atoms with van der Waals surface area (Å²) < 4.78 is 8.97. The van der Waals surface area contributed by atoms with Gasteiger partial charge in [-0.25, -0.2) is 9.67 Å². The fourth-order valence-corrected chi connectivity index (χ4v) is 8.23. The number of fused-ring (bicyclic) bond motifs is 8. The lowest BCUT2D eigenvalue weighted by Gasteiger charge is -2.18. The molecule has 0 radical (unpaired) electrons. The Balaban J connectivity index is 1.16. The average Bonchev–Trinajstić information content (AvgIpc) is 3.95. The number of aromatic nitrogens is 6. The topological polar surface area (TPSA) is 45.0 Å². The molecule has 0 unspecified atom stereocenters. The van der Waals surface area contributed by atoms with Crippen LogP contribution in [0.2, 0.25) is 0 Å². The molecule has 0 saturated heterocycles. The number of rotatable bonds is 6. The van der Waals surface area contributed by atoms with Gasteiger partial charge in [0.2, 0.25) is 5.78 Å². The second-order valence-corrected chi connectivity index (χ2v) is 14.4. The van der Waals surface area contributed by atoms with Gasteiger partial charge in [-0.2, -0.15) is 5.10 Å². The van der Waals surface area contributed by atoms with Crippen LogP contribution in [0.15, 0.2) is 146 Å². The molecular formula is C46H38N6. The van der Waals surface area contributed by atoms with Crippen molar-refractivity contribution in [3.63, 3.8) is 0 Å². The summed E-state index contributed by atoms with van der Waals surface area (Å²) in [5.41, 5.74) is 15.0. The Bertz CT molecular complexity index is 2960. The van der Waals surface area contributed by atoms with E-state index in [1.165, 1.54) is 27.5 Å². The Kier molecular flexibility index (Phi) is 6.77. The quantitative estimate of drug-likeness (QED) is 0.176. The van der Waals surface area contributed by atoms with Crippen LogP contribution in [0.3, 0.4) is 0 Å². The molecule has 0 spiro atoms. The van der Waals surface area contributed by atoms with E-state index in [9.17, 15) is 0 Å². The van der Waals surface area contributed by atoms with E-state index in [1.807, 2.05) is 10.9 Å². The van der Waals surface area contributed by atoms with Crippen LogP contribution in [0.4, 0.5) is 0 Å². The molecule has 0 N–H and O–H groups in total. The molecule has 6 aromatic carbocycles. The van der Waals surface area contributed by atoms with Gasteiger partial charge in [0.15, 0.2) is 0 Å². The zero-order valence-electron chi connectivity index (χ0n) is 29.7. The van der Waals surface area contributed by atoms with Crippen LogP contribution in [0.1, 0.15) is 50.7 Å². The lowest BCUT2D eigenvalue weighted by molar-refractivity contribution is 0.838. The molecular weight excluding hydrogens is 637 g/mol. The van der Waals surface area contributed by atoms with E-state index in [0.717, 1.165) is 61.5 Å². The van der Waals surface area contributed by atoms with Crippen molar-refractivity contribution in [3.05, 3.63) is 157 Å². The zero-order chi connectivity index (χ0) is 35.1. The standard InChI is InChI=1S/C46H38N6/c1-29(2)35-16-12-17-36(30(3)4)45(35)31-27-47-49(28-31)32-13-11-14-33(25-32)50-40-19-7-5-15-37(40)38-24-23-34(26-44(38)50)51-42-21-9-10-22-43(42)52-41-20-8-6-18-39(41)48-46(51)52/h5-30H,1-4H3. The molecule has 4 heterocycles. The first-order chi connectivity index (χ1) is 25.5. The van der Waals surface area contributed by atoms with Gasteiger partial charge in [-0.1, -0.05) is 100 Å². The van der Waals surface area contributed by atoms with Crippen LogP contribution >= 0.6 is 0 Å². The van der Waals surface area contributed by atoms with Crippen LogP contribution < -0.4 is 0 Å². The Morgan fingerprint density at radius 1 is 0.500 bits per heavy atom. The Labute approximate surface area is 301 Å². The number of benzene rings is 6. The Morgan fingerprint density at radius 3 is 1.92 bits per heavy atom. The summed E-state index contributed by atoms with van der Waals surface area (Å²) in [7, 11) is 0. The summed E-state index contributed by atoms with van der Waals surface area (Å²) in [4.78, 5) is 5.14. The van der Waals surface area contributed by atoms with Gasteiger partial charge in [-0.3, -0.25) is 8.97 Å². The molecule has 6 heteroatoms. The first-order valence-corrected chi connectivity index (χ1v) is 18.1. The van der Waals surface area contributed by atoms with E-state index in [1.54, 1.807) is 0 Å². The number of hydrogen-bond donors (Lipinski definition) is 0. The highest BCUT2D eigenvalue weighted by Gasteiger charge is 2.20. The molecule has 0 amide bonds. The summed E-state index contributed by atoms with van der Waals surface area (Å²) >= 11 is 0. The third-order valence-electron chi connectivity index (χ3n) is 10.6. The molecule has 0 aliphatic rings. The monoisotopic (exact) mass is 674 g/mol. The highest BCUT2D eigenvalue weighted by molar-refractivity contribution is 6.10. The Morgan fingerprint density at radius 2 is 1.13 bits per heavy atom. The zero-order valence-corrected chi connectivity index (χ0v) is 29.7. The van der Waals surface area contributed by atoms with Crippen molar-refractivity contribution in [2.24, 2.45) is 0 Å². The number of hydrogen-bond acceptors (Lipinski definition) is 2. The van der Waals surface area contributed by atoms with Crippen molar-refractivity contribution in [2.45, 2.75) is 39.5 Å². The molecule has 252 valence electrons. The van der Waals surface area contributed by atoms with Gasteiger partial charge in [-0.05, 0) is 89.2 Å². The van der Waals surface area contributed by atoms with Gasteiger partial charge in [0.25, 0.3) is 0 Å². The summed E-state index contributed by atoms with van der Waals surface area (Å²) in [6.45, 7) is 9.08. The second kappa shape index (κ2) is 11.6. The number of nitrogens with zero attached hydrogens (tertiary/aromatic N) is 6. The van der Waals surface area contributed by atoms with Crippen molar-refractivity contribution in [1.29, 1.82) is 0 Å². The van der Waals surface area contributed by atoms with Crippen molar-refractivity contribution < 1.29 is 0 Å². The molecule has 0 atom stereocenters. The summed E-state index contributed by atoms with van der Waals surface area (Å²) in [6.07, 6.45) is 4.21. The van der Waals surface area contributed by atoms with Gasteiger partial charge in [0.1, 0.15) is 0 Å². The maximum absolute atomic E-state index is 5.14. The molecule has 52 heavy (non-hydrogen) atoms. The SMILES string of the molecule is CC(C)c1cccc(C(C)C)c1-c1cnn(-c2cccc(-n3c4ccccc4c4ccc(-n5c6ccccc6n6c7ccccc7nc56)cc43)c2)c1. The maximum Gasteiger partial charge on any atom is 0.220 e. The van der Waals surface area contributed by atoms with Crippen molar-refractivity contribution in [1.82, 2.24) is 28.3 Å². The third-order valence-corrected chi connectivity index (χ3v) is 10.6. The first kappa shape index (κ1) is 30.4. The molecule has 4 aromatic heterocycles. The molecule has 10 rings (SSSR count). The van der Waals surface area contributed by atoms with E-state index in [4.69, 9.17) is 10.1 Å². The predicted octanol–water partition coefficient (Wildman–Crippen LogP) is 11.6. The minimum Gasteiger partial charge on any atom is -0.309 e. The van der Waals surface area contributed by atoms with E-state index in [2.05, 4.69) is 181 Å². The smallest absolute Gasteiger partial charge is 0.220 e. The van der Waals surface area contributed by atoms with Gasteiger partial charge < -0.3 is 4.57 Å². The van der Waals surface area contributed by atoms with Crippen LogP contribution in [0.25, 0.3) is 77.8 Å². The van der Waals surface area contributed by atoms with Crippen molar-refractivity contribution in [2.75, 3.05) is 0 Å². The van der Waals surface area contributed by atoms with Crippen LogP contribution in [0.5, 0.6) is 0 Å². The highest BCUT2D eigenvalue weighted by Crippen LogP contribution is 2.38.